The zero-order valence-corrected chi connectivity index (χ0v) is 16.8. The Labute approximate surface area is 178 Å². The fourth-order valence-corrected chi connectivity index (χ4v) is 4.15. The molecule has 0 unspecified atom stereocenters. The van der Waals surface area contributed by atoms with Gasteiger partial charge >= 0.3 is 0 Å². The van der Waals surface area contributed by atoms with Crippen LogP contribution < -0.4 is 0 Å². The summed E-state index contributed by atoms with van der Waals surface area (Å²) in [5.41, 5.74) is 2.28. The SMILES string of the molecule is O=C(c1cccc(-n2cnnn2)c1)N1CCN(C(=O)[C@H]2C[C@@H]2c2ccc(F)cc2)CC1. The zero-order valence-electron chi connectivity index (χ0n) is 16.8. The summed E-state index contributed by atoms with van der Waals surface area (Å²) in [6.07, 6.45) is 2.28. The van der Waals surface area contributed by atoms with E-state index in [1.807, 2.05) is 11.0 Å². The highest BCUT2D eigenvalue weighted by molar-refractivity contribution is 5.95. The molecule has 1 aromatic heterocycles. The first-order chi connectivity index (χ1) is 15.1. The molecule has 0 N–H and O–H groups in total. The average Bonchev–Trinajstić information content (AvgIpc) is 3.42. The lowest BCUT2D eigenvalue weighted by Gasteiger charge is -2.35. The molecule has 2 fully saturated rings. The first kappa shape index (κ1) is 19.3. The van der Waals surface area contributed by atoms with Gasteiger partial charge in [-0.2, -0.15) is 0 Å². The number of carbonyl (C=O) groups is 2. The molecule has 0 bridgehead atoms. The summed E-state index contributed by atoms with van der Waals surface area (Å²) in [5.74, 6) is -0.0845. The van der Waals surface area contributed by atoms with Gasteiger partial charge in [-0.05, 0) is 58.7 Å². The number of tetrazole rings is 1. The number of aromatic nitrogens is 4. The van der Waals surface area contributed by atoms with Crippen molar-refractivity contribution in [2.24, 2.45) is 5.92 Å². The summed E-state index contributed by atoms with van der Waals surface area (Å²) >= 11 is 0. The van der Waals surface area contributed by atoms with E-state index in [-0.39, 0.29) is 29.5 Å². The van der Waals surface area contributed by atoms with Gasteiger partial charge in [-0.3, -0.25) is 9.59 Å². The highest BCUT2D eigenvalue weighted by Gasteiger charge is 2.46. The molecule has 2 amide bonds. The molecule has 0 spiro atoms. The highest BCUT2D eigenvalue weighted by Crippen LogP contribution is 2.48. The van der Waals surface area contributed by atoms with Crippen LogP contribution in [0, 0.1) is 11.7 Å². The maximum Gasteiger partial charge on any atom is 0.254 e. The van der Waals surface area contributed by atoms with Crippen LogP contribution in [0.2, 0.25) is 0 Å². The summed E-state index contributed by atoms with van der Waals surface area (Å²) in [5, 5.41) is 11.1. The lowest BCUT2D eigenvalue weighted by Crippen LogP contribution is -2.51. The van der Waals surface area contributed by atoms with Crippen molar-refractivity contribution in [3.8, 4) is 5.69 Å². The lowest BCUT2D eigenvalue weighted by molar-refractivity contribution is -0.134. The number of nitrogens with zero attached hydrogens (tertiary/aromatic N) is 6. The molecule has 1 aliphatic carbocycles. The third-order valence-corrected chi connectivity index (χ3v) is 5.99. The zero-order chi connectivity index (χ0) is 21.4. The van der Waals surface area contributed by atoms with Gasteiger partial charge in [0.2, 0.25) is 5.91 Å². The number of amides is 2. The second kappa shape index (κ2) is 7.90. The van der Waals surface area contributed by atoms with Crippen molar-refractivity contribution in [2.45, 2.75) is 12.3 Å². The third kappa shape index (κ3) is 3.90. The number of rotatable bonds is 4. The summed E-state index contributed by atoms with van der Waals surface area (Å²) in [6.45, 7) is 2.02. The van der Waals surface area contributed by atoms with E-state index in [4.69, 9.17) is 0 Å². The van der Waals surface area contributed by atoms with Crippen molar-refractivity contribution in [3.63, 3.8) is 0 Å². The fraction of sp³-hybridized carbons (Fsp3) is 0.318. The molecule has 5 rings (SSSR count). The molecular formula is C22H21FN6O2. The molecular weight excluding hydrogens is 399 g/mol. The van der Waals surface area contributed by atoms with Gasteiger partial charge in [-0.1, -0.05) is 18.2 Å². The number of carbonyl (C=O) groups excluding carboxylic acids is 2. The van der Waals surface area contributed by atoms with Crippen molar-refractivity contribution in [1.29, 1.82) is 0 Å². The van der Waals surface area contributed by atoms with Gasteiger partial charge < -0.3 is 9.80 Å². The van der Waals surface area contributed by atoms with Crippen molar-refractivity contribution < 1.29 is 14.0 Å². The maximum atomic E-state index is 13.1. The van der Waals surface area contributed by atoms with Crippen LogP contribution >= 0.6 is 0 Å². The number of hydrogen-bond acceptors (Lipinski definition) is 5. The molecule has 1 saturated carbocycles. The van der Waals surface area contributed by atoms with Crippen LogP contribution in [0.4, 0.5) is 4.39 Å². The molecule has 1 saturated heterocycles. The molecule has 2 atom stereocenters. The number of benzene rings is 2. The molecule has 3 aromatic rings. The summed E-state index contributed by atoms with van der Waals surface area (Å²) < 4.78 is 14.6. The molecule has 2 heterocycles. The third-order valence-electron chi connectivity index (χ3n) is 5.99. The van der Waals surface area contributed by atoms with Gasteiger partial charge in [0.15, 0.2) is 0 Å². The van der Waals surface area contributed by atoms with Gasteiger partial charge in [0, 0.05) is 37.7 Å². The molecule has 9 heteroatoms. The van der Waals surface area contributed by atoms with Crippen molar-refractivity contribution in [3.05, 3.63) is 71.8 Å². The van der Waals surface area contributed by atoms with Crippen LogP contribution in [0.25, 0.3) is 5.69 Å². The summed E-state index contributed by atoms with van der Waals surface area (Å²) in [4.78, 5) is 29.4. The van der Waals surface area contributed by atoms with Crippen molar-refractivity contribution in [1.82, 2.24) is 30.0 Å². The van der Waals surface area contributed by atoms with Gasteiger partial charge in [0.25, 0.3) is 5.91 Å². The lowest BCUT2D eigenvalue weighted by atomic mass is 10.1. The van der Waals surface area contributed by atoms with E-state index in [2.05, 4.69) is 15.5 Å². The van der Waals surface area contributed by atoms with Crippen LogP contribution in [0.15, 0.2) is 54.9 Å². The van der Waals surface area contributed by atoms with E-state index in [0.29, 0.717) is 37.4 Å². The number of hydrogen-bond donors (Lipinski definition) is 0. The fourth-order valence-electron chi connectivity index (χ4n) is 4.15. The Hall–Kier alpha value is -3.62. The minimum Gasteiger partial charge on any atom is -0.339 e. The number of halogens is 1. The topological polar surface area (TPSA) is 84.2 Å². The normalized spacial score (nSPS) is 20.5. The Morgan fingerprint density at radius 2 is 1.71 bits per heavy atom. The van der Waals surface area contributed by atoms with Crippen LogP contribution in [-0.4, -0.2) is 68.0 Å². The Balaban J connectivity index is 1.18. The van der Waals surface area contributed by atoms with Gasteiger partial charge in [-0.25, -0.2) is 9.07 Å². The Morgan fingerprint density at radius 1 is 0.968 bits per heavy atom. The molecule has 2 aromatic carbocycles. The minimum atomic E-state index is -0.267. The predicted octanol–water partition coefficient (Wildman–Crippen LogP) is 1.89. The first-order valence-corrected chi connectivity index (χ1v) is 10.3. The highest BCUT2D eigenvalue weighted by atomic mass is 19.1. The standard InChI is InChI=1S/C22H21FN6O2/c23-17-6-4-15(5-7-17)19-13-20(19)22(31)28-10-8-27(9-11-28)21(30)16-2-1-3-18(12-16)29-14-24-25-26-29/h1-7,12,14,19-20H,8-11,13H2/t19-,20+/m1/s1. The first-order valence-electron chi connectivity index (χ1n) is 10.3. The molecule has 0 radical (unpaired) electrons. The quantitative estimate of drug-likeness (QED) is 0.644. The average molecular weight is 420 g/mol. The van der Waals surface area contributed by atoms with Crippen molar-refractivity contribution in [2.75, 3.05) is 26.2 Å². The monoisotopic (exact) mass is 420 g/mol. The smallest absolute Gasteiger partial charge is 0.254 e. The summed E-state index contributed by atoms with van der Waals surface area (Å²) in [7, 11) is 0. The Bertz CT molecular complexity index is 1090. The Kier molecular flexibility index (Phi) is 4.93. The summed E-state index contributed by atoms with van der Waals surface area (Å²) in [6, 6.07) is 13.5. The van der Waals surface area contributed by atoms with Crippen LogP contribution in [0.3, 0.4) is 0 Å². The van der Waals surface area contributed by atoms with E-state index >= 15 is 0 Å². The van der Waals surface area contributed by atoms with Crippen molar-refractivity contribution >= 4 is 11.8 Å². The largest absolute Gasteiger partial charge is 0.339 e. The minimum absolute atomic E-state index is 0.0410. The van der Waals surface area contributed by atoms with Crippen LogP contribution in [0.1, 0.15) is 28.3 Å². The predicted molar refractivity (Wildman–Crippen MR) is 109 cm³/mol. The second-order valence-corrected chi connectivity index (χ2v) is 7.92. The second-order valence-electron chi connectivity index (χ2n) is 7.92. The van der Waals surface area contributed by atoms with E-state index in [1.54, 1.807) is 35.2 Å². The number of piperazine rings is 1. The van der Waals surface area contributed by atoms with E-state index in [1.165, 1.54) is 23.1 Å². The molecule has 158 valence electrons. The Morgan fingerprint density at radius 3 is 2.42 bits per heavy atom. The molecule has 8 nitrogen and oxygen atoms in total. The molecule has 1 aliphatic heterocycles. The van der Waals surface area contributed by atoms with Crippen LogP contribution in [0.5, 0.6) is 0 Å². The maximum absolute atomic E-state index is 13.1. The van der Waals surface area contributed by atoms with Gasteiger partial charge in [0.05, 0.1) is 5.69 Å². The van der Waals surface area contributed by atoms with Gasteiger partial charge in [-0.15, -0.1) is 5.10 Å². The van der Waals surface area contributed by atoms with E-state index in [9.17, 15) is 14.0 Å². The molecule has 31 heavy (non-hydrogen) atoms. The van der Waals surface area contributed by atoms with Gasteiger partial charge in [0.1, 0.15) is 12.1 Å². The van der Waals surface area contributed by atoms with E-state index in [0.717, 1.165) is 12.0 Å². The molecule has 2 aliphatic rings. The van der Waals surface area contributed by atoms with Crippen LogP contribution in [-0.2, 0) is 4.79 Å². The van der Waals surface area contributed by atoms with E-state index < -0.39 is 0 Å².